The largest absolute Gasteiger partial charge is 0.548 e. The molecule has 1 saturated heterocycles. The molecule has 1 aromatic heterocycles. The average molecular weight is 535 g/mol. The molecule has 0 unspecified atom stereocenters. The maximum atomic E-state index is 13.5. The Balaban J connectivity index is 1.30. The van der Waals surface area contributed by atoms with Crippen LogP contribution in [0, 0.1) is 0 Å². The second-order valence-corrected chi connectivity index (χ2v) is 9.90. The molecule has 5 rings (SSSR count). The molecule has 39 heavy (non-hydrogen) atoms. The number of rotatable bonds is 10. The second-order valence-electron chi connectivity index (χ2n) is 9.90. The predicted octanol–water partition coefficient (Wildman–Crippen LogP) is 0.0311. The third kappa shape index (κ3) is 7.12. The minimum atomic E-state index is -1.14. The number of nitrogens with one attached hydrogen (secondary N) is 2. The fourth-order valence-corrected chi connectivity index (χ4v) is 5.18. The summed E-state index contributed by atoms with van der Waals surface area (Å²) in [6.45, 7) is 2.80. The van der Waals surface area contributed by atoms with Crippen molar-refractivity contribution in [3.8, 4) is 0 Å². The number of carboxylic acid groups (broad SMARTS) is 1. The Kier molecular flexibility index (Phi) is 8.69. The van der Waals surface area contributed by atoms with Gasteiger partial charge in [0.05, 0.1) is 49.6 Å². The van der Waals surface area contributed by atoms with Crippen LogP contribution in [0.4, 0.5) is 11.6 Å². The molecule has 0 spiro atoms. The van der Waals surface area contributed by atoms with E-state index in [2.05, 4.69) is 15.9 Å². The van der Waals surface area contributed by atoms with E-state index in [1.54, 1.807) is 11.0 Å². The lowest BCUT2D eigenvalue weighted by molar-refractivity contribution is -0.759. The van der Waals surface area contributed by atoms with Crippen LogP contribution >= 0.6 is 0 Å². The molecule has 3 heterocycles. The van der Waals surface area contributed by atoms with E-state index in [9.17, 15) is 14.7 Å². The number of ether oxygens (including phenoxy) is 1. The number of benzene rings is 2. The van der Waals surface area contributed by atoms with Crippen LogP contribution in [0.15, 0.2) is 65.3 Å². The Bertz CT molecular complexity index is 1250. The Morgan fingerprint density at radius 2 is 1.87 bits per heavy atom. The van der Waals surface area contributed by atoms with Crippen LogP contribution < -0.4 is 30.4 Å². The van der Waals surface area contributed by atoms with Crippen LogP contribution in [0.5, 0.6) is 0 Å². The number of hydrogen-bond acceptors (Lipinski definition) is 9. The number of aromatic nitrogens is 2. The number of carbonyl (C=O) groups excluding carboxylic acids is 2. The first-order chi connectivity index (χ1) is 19.0. The SMILES string of the molecule is O=C([O-])CN1C[C@@H](N[C@@H](CCc2ccccc2)C(=O)Nc2c[n+](N3CCOCC3)no2)CCc2ccccc21. The van der Waals surface area contributed by atoms with Gasteiger partial charge in [0.2, 0.25) is 11.2 Å². The zero-order chi connectivity index (χ0) is 27.0. The lowest BCUT2D eigenvalue weighted by atomic mass is 10.0. The van der Waals surface area contributed by atoms with E-state index < -0.39 is 12.0 Å². The topological polar surface area (TPSA) is 127 Å². The van der Waals surface area contributed by atoms with Gasteiger partial charge in [-0.05, 0) is 42.9 Å². The minimum absolute atomic E-state index is 0.115. The van der Waals surface area contributed by atoms with Gasteiger partial charge < -0.3 is 24.9 Å². The molecule has 1 fully saturated rings. The van der Waals surface area contributed by atoms with Gasteiger partial charge in [0, 0.05) is 18.3 Å². The number of fused-ring (bicyclic) bond motifs is 1. The fourth-order valence-electron chi connectivity index (χ4n) is 5.18. The van der Waals surface area contributed by atoms with Crippen LogP contribution in [0.2, 0.25) is 0 Å². The van der Waals surface area contributed by atoms with Crippen molar-refractivity contribution in [3.63, 3.8) is 0 Å². The summed E-state index contributed by atoms with van der Waals surface area (Å²) in [5.41, 5.74) is 3.11. The Hall–Kier alpha value is -3.96. The van der Waals surface area contributed by atoms with Crippen LogP contribution in [0.3, 0.4) is 0 Å². The number of anilines is 2. The summed E-state index contributed by atoms with van der Waals surface area (Å²) in [5.74, 6) is -1.11. The molecule has 0 bridgehead atoms. The Labute approximate surface area is 227 Å². The van der Waals surface area contributed by atoms with Crippen molar-refractivity contribution in [2.24, 2.45) is 0 Å². The monoisotopic (exact) mass is 534 g/mol. The van der Waals surface area contributed by atoms with Crippen molar-refractivity contribution in [3.05, 3.63) is 71.9 Å². The third-order valence-electron chi connectivity index (χ3n) is 7.15. The number of amides is 1. The van der Waals surface area contributed by atoms with E-state index >= 15 is 0 Å². The summed E-state index contributed by atoms with van der Waals surface area (Å²) in [7, 11) is 0. The summed E-state index contributed by atoms with van der Waals surface area (Å²) in [5, 5.41) is 24.0. The zero-order valence-corrected chi connectivity index (χ0v) is 21.8. The van der Waals surface area contributed by atoms with Gasteiger partial charge in [-0.2, -0.15) is 0 Å². The minimum Gasteiger partial charge on any atom is -0.548 e. The molecule has 0 aliphatic carbocycles. The van der Waals surface area contributed by atoms with Crippen molar-refractivity contribution < 1.29 is 28.7 Å². The first-order valence-corrected chi connectivity index (χ1v) is 13.4. The van der Waals surface area contributed by atoms with Crippen LogP contribution in [0.1, 0.15) is 24.0 Å². The smallest absolute Gasteiger partial charge is 0.305 e. The van der Waals surface area contributed by atoms with Gasteiger partial charge in [-0.15, -0.1) is 5.01 Å². The standard InChI is InChI=1S/C28H34N6O5/c35-27(36)20-32-18-23(12-11-22-8-4-5-9-25(22)32)29-24(13-10-21-6-2-1-3-7-21)28(37)30-26-19-34(31-39-26)33-14-16-38-17-15-33/h1-9,19,23-24,29H,10-18,20H2,(H-,30,31,35,36,37)/t23-,24-/m0/s1. The first-order valence-electron chi connectivity index (χ1n) is 13.4. The van der Waals surface area contributed by atoms with Gasteiger partial charge in [0.1, 0.15) is 0 Å². The summed E-state index contributed by atoms with van der Waals surface area (Å²) < 4.78 is 10.8. The molecular formula is C28H34N6O5. The van der Waals surface area contributed by atoms with E-state index in [4.69, 9.17) is 9.26 Å². The highest BCUT2D eigenvalue weighted by atomic mass is 16.5. The van der Waals surface area contributed by atoms with Crippen molar-refractivity contribution in [2.45, 2.75) is 37.8 Å². The molecule has 0 saturated carbocycles. The zero-order valence-electron chi connectivity index (χ0n) is 21.8. The molecule has 2 N–H and O–H groups in total. The summed E-state index contributed by atoms with van der Waals surface area (Å²) in [6, 6.07) is 17.2. The summed E-state index contributed by atoms with van der Waals surface area (Å²) in [6.07, 6.45) is 4.44. The van der Waals surface area contributed by atoms with E-state index in [1.807, 2.05) is 64.5 Å². The molecule has 3 aromatic rings. The molecule has 2 aliphatic heterocycles. The van der Waals surface area contributed by atoms with E-state index in [1.165, 1.54) is 0 Å². The molecule has 1 amide bonds. The maximum absolute atomic E-state index is 13.5. The summed E-state index contributed by atoms with van der Waals surface area (Å²) in [4.78, 5) is 28.5. The van der Waals surface area contributed by atoms with Crippen molar-refractivity contribution in [2.75, 3.05) is 54.6 Å². The fraction of sp³-hybridized carbons (Fsp3) is 0.429. The highest BCUT2D eigenvalue weighted by Crippen LogP contribution is 2.26. The molecule has 0 radical (unpaired) electrons. The third-order valence-corrected chi connectivity index (χ3v) is 7.15. The number of para-hydroxylation sites is 1. The van der Waals surface area contributed by atoms with Crippen molar-refractivity contribution in [1.29, 1.82) is 0 Å². The van der Waals surface area contributed by atoms with Crippen LogP contribution in [-0.4, -0.2) is 68.6 Å². The highest BCUT2D eigenvalue weighted by Gasteiger charge is 2.29. The molecule has 2 aliphatic rings. The Morgan fingerprint density at radius 1 is 1.10 bits per heavy atom. The highest BCUT2D eigenvalue weighted by molar-refractivity contribution is 5.93. The number of aliphatic carboxylic acids is 1. The summed E-state index contributed by atoms with van der Waals surface area (Å²) >= 11 is 0. The van der Waals surface area contributed by atoms with E-state index in [0.717, 1.165) is 29.7 Å². The van der Waals surface area contributed by atoms with Gasteiger partial charge >= 0.3 is 5.88 Å². The molecule has 2 aromatic carbocycles. The normalized spacial score (nSPS) is 18.2. The number of nitrogens with zero attached hydrogens (tertiary/aromatic N) is 4. The van der Waals surface area contributed by atoms with E-state index in [-0.39, 0.29) is 24.4 Å². The van der Waals surface area contributed by atoms with Crippen LogP contribution in [-0.2, 0) is 27.2 Å². The number of morpholine rings is 1. The average Bonchev–Trinajstić information content (AvgIpc) is 3.35. The number of carbonyl (C=O) groups is 2. The molecular weight excluding hydrogens is 500 g/mol. The number of aryl methyl sites for hydroxylation is 2. The van der Waals surface area contributed by atoms with Gasteiger partial charge in [-0.1, -0.05) is 48.5 Å². The predicted molar refractivity (Wildman–Crippen MR) is 142 cm³/mol. The maximum Gasteiger partial charge on any atom is 0.305 e. The van der Waals surface area contributed by atoms with Crippen molar-refractivity contribution >= 4 is 23.4 Å². The lowest BCUT2D eigenvalue weighted by Crippen LogP contribution is -2.62. The van der Waals surface area contributed by atoms with Gasteiger partial charge in [-0.3, -0.25) is 14.6 Å². The molecule has 206 valence electrons. The van der Waals surface area contributed by atoms with E-state index in [0.29, 0.717) is 45.7 Å². The molecule has 11 heteroatoms. The van der Waals surface area contributed by atoms with Crippen molar-refractivity contribution in [1.82, 2.24) is 10.6 Å². The quantitative estimate of drug-likeness (QED) is 0.347. The Morgan fingerprint density at radius 3 is 2.67 bits per heavy atom. The lowest BCUT2D eigenvalue weighted by Gasteiger charge is -2.30. The molecule has 2 atom stereocenters. The number of carboxylic acids is 1. The van der Waals surface area contributed by atoms with Gasteiger partial charge in [0.15, 0.2) is 0 Å². The van der Waals surface area contributed by atoms with Gasteiger partial charge in [0.25, 0.3) is 6.20 Å². The first kappa shape index (κ1) is 26.6. The number of hydrogen-bond donors (Lipinski definition) is 2. The molecule has 11 nitrogen and oxygen atoms in total. The van der Waals surface area contributed by atoms with Crippen LogP contribution in [0.25, 0.3) is 0 Å². The van der Waals surface area contributed by atoms with Gasteiger partial charge in [-0.25, -0.2) is 0 Å². The second kappa shape index (κ2) is 12.7.